The molecule has 0 aromatic carbocycles. The third-order valence-electron chi connectivity index (χ3n) is 4.19. The van der Waals surface area contributed by atoms with Gasteiger partial charge in [-0.25, -0.2) is 13.1 Å². The minimum Gasteiger partial charge on any atom is -0.355 e. The first kappa shape index (κ1) is 18.7. The molecule has 1 spiro atoms. The zero-order valence-corrected chi connectivity index (χ0v) is 14.3. The van der Waals surface area contributed by atoms with Crippen molar-refractivity contribution in [3.8, 4) is 0 Å². The van der Waals surface area contributed by atoms with Crippen molar-refractivity contribution >= 4 is 28.3 Å². The van der Waals surface area contributed by atoms with Crippen molar-refractivity contribution in [2.24, 2.45) is 11.3 Å². The second kappa shape index (κ2) is 7.26. The Morgan fingerprint density at radius 1 is 1.33 bits per heavy atom. The normalized spacial score (nSPS) is 23.7. The molecule has 0 aromatic heterocycles. The molecule has 0 radical (unpaired) electrons. The smallest absolute Gasteiger partial charge is 0.223 e. The molecule has 124 valence electrons. The molecular weight excluding hydrogens is 314 g/mol. The van der Waals surface area contributed by atoms with Gasteiger partial charge in [0.05, 0.1) is 5.75 Å². The van der Waals surface area contributed by atoms with Gasteiger partial charge in [-0.2, -0.15) is 0 Å². The second-order valence-electron chi connectivity index (χ2n) is 6.25. The van der Waals surface area contributed by atoms with Gasteiger partial charge in [-0.3, -0.25) is 4.79 Å². The number of rotatable bonds is 6. The average Bonchev–Trinajstić information content (AvgIpc) is 3.02. The van der Waals surface area contributed by atoms with E-state index >= 15 is 0 Å². The SMILES string of the molecule is CC(C)NS(=O)(=O)CCNC(=O)C1CC12CCNCC2.Cl. The van der Waals surface area contributed by atoms with Gasteiger partial charge < -0.3 is 10.6 Å². The Morgan fingerprint density at radius 2 is 1.95 bits per heavy atom. The van der Waals surface area contributed by atoms with Gasteiger partial charge in [0.25, 0.3) is 0 Å². The van der Waals surface area contributed by atoms with Crippen molar-refractivity contribution in [3.05, 3.63) is 0 Å². The molecule has 3 N–H and O–H groups in total. The van der Waals surface area contributed by atoms with E-state index in [4.69, 9.17) is 0 Å². The highest BCUT2D eigenvalue weighted by Crippen LogP contribution is 2.58. The Bertz CT molecular complexity index is 461. The number of hydrogen-bond acceptors (Lipinski definition) is 4. The van der Waals surface area contributed by atoms with E-state index in [1.54, 1.807) is 13.8 Å². The van der Waals surface area contributed by atoms with E-state index in [9.17, 15) is 13.2 Å². The highest BCUT2D eigenvalue weighted by molar-refractivity contribution is 7.89. The van der Waals surface area contributed by atoms with Gasteiger partial charge in [0.1, 0.15) is 0 Å². The Hall–Kier alpha value is -0.370. The van der Waals surface area contributed by atoms with Crippen LogP contribution in [0.4, 0.5) is 0 Å². The number of carbonyl (C=O) groups is 1. The maximum Gasteiger partial charge on any atom is 0.223 e. The number of sulfonamides is 1. The van der Waals surface area contributed by atoms with Crippen molar-refractivity contribution < 1.29 is 13.2 Å². The molecule has 1 amide bonds. The van der Waals surface area contributed by atoms with Crippen LogP contribution in [0.25, 0.3) is 0 Å². The molecule has 2 fully saturated rings. The van der Waals surface area contributed by atoms with Crippen molar-refractivity contribution in [2.75, 3.05) is 25.4 Å². The quantitative estimate of drug-likeness (QED) is 0.647. The summed E-state index contributed by atoms with van der Waals surface area (Å²) >= 11 is 0. The Labute approximate surface area is 133 Å². The summed E-state index contributed by atoms with van der Waals surface area (Å²) in [6, 6.07) is -0.114. The molecule has 1 saturated carbocycles. The lowest BCUT2D eigenvalue weighted by molar-refractivity contribution is -0.123. The molecule has 0 bridgehead atoms. The van der Waals surface area contributed by atoms with Gasteiger partial charge in [-0.05, 0) is 51.6 Å². The molecule has 0 aromatic rings. The standard InChI is InChI=1S/C13H25N3O3S.ClH/c1-10(2)16-20(18,19)8-7-15-12(17)11-9-13(11)3-5-14-6-4-13;/h10-11,14,16H,3-9H2,1-2H3,(H,15,17);1H. The van der Waals surface area contributed by atoms with Crippen LogP contribution in [0.1, 0.15) is 33.1 Å². The van der Waals surface area contributed by atoms with Crippen LogP contribution in [0.3, 0.4) is 0 Å². The van der Waals surface area contributed by atoms with Crippen LogP contribution in [0.15, 0.2) is 0 Å². The summed E-state index contributed by atoms with van der Waals surface area (Å²) in [7, 11) is -3.29. The number of carbonyl (C=O) groups excluding carboxylic acids is 1. The van der Waals surface area contributed by atoms with Crippen molar-refractivity contribution in [3.63, 3.8) is 0 Å². The van der Waals surface area contributed by atoms with E-state index in [0.29, 0.717) is 0 Å². The first-order chi connectivity index (χ1) is 9.35. The topological polar surface area (TPSA) is 87.3 Å². The van der Waals surface area contributed by atoms with Crippen molar-refractivity contribution in [1.29, 1.82) is 0 Å². The molecule has 1 saturated heterocycles. The fourth-order valence-corrected chi connectivity index (χ4v) is 4.25. The first-order valence-corrected chi connectivity index (χ1v) is 8.98. The lowest BCUT2D eigenvalue weighted by Crippen LogP contribution is -2.38. The number of amides is 1. The monoisotopic (exact) mass is 339 g/mol. The van der Waals surface area contributed by atoms with Gasteiger partial charge in [0, 0.05) is 18.5 Å². The summed E-state index contributed by atoms with van der Waals surface area (Å²) in [5.74, 6) is 0.0510. The zero-order valence-electron chi connectivity index (χ0n) is 12.6. The molecule has 1 heterocycles. The van der Waals surface area contributed by atoms with Crippen LogP contribution in [-0.4, -0.2) is 45.8 Å². The molecule has 1 aliphatic heterocycles. The molecule has 2 aliphatic rings. The Morgan fingerprint density at radius 3 is 2.52 bits per heavy atom. The second-order valence-corrected chi connectivity index (χ2v) is 8.12. The lowest BCUT2D eigenvalue weighted by atomic mass is 9.92. The third-order valence-corrected chi connectivity index (χ3v) is 5.76. The van der Waals surface area contributed by atoms with Gasteiger partial charge in [0.15, 0.2) is 0 Å². The maximum absolute atomic E-state index is 12.0. The minimum absolute atomic E-state index is 0. The highest BCUT2D eigenvalue weighted by Gasteiger charge is 2.57. The number of hydrogen-bond donors (Lipinski definition) is 3. The number of nitrogens with one attached hydrogen (secondary N) is 3. The third kappa shape index (κ3) is 5.09. The van der Waals surface area contributed by atoms with E-state index in [-0.39, 0.29) is 48.0 Å². The summed E-state index contributed by atoms with van der Waals surface area (Å²) in [5.41, 5.74) is 0.199. The van der Waals surface area contributed by atoms with Gasteiger partial charge in [0.2, 0.25) is 15.9 Å². The number of piperidine rings is 1. The lowest BCUT2D eigenvalue weighted by Gasteiger charge is -2.23. The number of halogens is 1. The summed E-state index contributed by atoms with van der Waals surface area (Å²) in [4.78, 5) is 12.0. The van der Waals surface area contributed by atoms with Gasteiger partial charge in [-0.1, -0.05) is 0 Å². The van der Waals surface area contributed by atoms with Crippen LogP contribution in [0, 0.1) is 11.3 Å². The molecular formula is C13H26ClN3O3S. The molecule has 2 rings (SSSR count). The summed E-state index contributed by atoms with van der Waals surface area (Å²) in [6.45, 7) is 5.71. The zero-order chi connectivity index (χ0) is 14.8. The predicted octanol–water partition coefficient (Wildman–Crippen LogP) is 0.242. The van der Waals surface area contributed by atoms with Crippen molar-refractivity contribution in [2.45, 2.75) is 39.2 Å². The van der Waals surface area contributed by atoms with E-state index in [1.165, 1.54) is 0 Å². The van der Waals surface area contributed by atoms with E-state index in [2.05, 4.69) is 15.4 Å². The fourth-order valence-electron chi connectivity index (χ4n) is 3.05. The molecule has 6 nitrogen and oxygen atoms in total. The van der Waals surface area contributed by atoms with Crippen LogP contribution in [0.5, 0.6) is 0 Å². The molecule has 8 heteroatoms. The predicted molar refractivity (Wildman–Crippen MR) is 85.0 cm³/mol. The highest BCUT2D eigenvalue weighted by atomic mass is 35.5. The van der Waals surface area contributed by atoms with Crippen LogP contribution in [-0.2, 0) is 14.8 Å². The van der Waals surface area contributed by atoms with E-state index in [1.807, 2.05) is 0 Å². The summed E-state index contributed by atoms with van der Waals surface area (Å²) in [6.07, 6.45) is 3.06. The molecule has 1 aliphatic carbocycles. The van der Waals surface area contributed by atoms with Crippen LogP contribution >= 0.6 is 12.4 Å². The first-order valence-electron chi connectivity index (χ1n) is 7.33. The Balaban J connectivity index is 0.00000220. The Kier molecular flexibility index (Phi) is 6.46. The fraction of sp³-hybridized carbons (Fsp3) is 0.923. The summed E-state index contributed by atoms with van der Waals surface area (Å²) < 4.78 is 25.8. The van der Waals surface area contributed by atoms with Crippen molar-refractivity contribution in [1.82, 2.24) is 15.4 Å². The maximum atomic E-state index is 12.0. The van der Waals surface area contributed by atoms with E-state index < -0.39 is 10.0 Å². The van der Waals surface area contributed by atoms with Crippen LogP contribution < -0.4 is 15.4 Å². The molecule has 1 unspecified atom stereocenters. The average molecular weight is 340 g/mol. The largest absolute Gasteiger partial charge is 0.355 e. The minimum atomic E-state index is -3.29. The molecule has 21 heavy (non-hydrogen) atoms. The van der Waals surface area contributed by atoms with Crippen LogP contribution in [0.2, 0.25) is 0 Å². The van der Waals surface area contributed by atoms with E-state index in [0.717, 1.165) is 32.4 Å². The van der Waals surface area contributed by atoms with Gasteiger partial charge in [-0.15, -0.1) is 12.4 Å². The van der Waals surface area contributed by atoms with Gasteiger partial charge >= 0.3 is 0 Å². The summed E-state index contributed by atoms with van der Waals surface area (Å²) in [5, 5.41) is 6.07. The molecule has 1 atom stereocenters.